The maximum atomic E-state index is 12.6. The second kappa shape index (κ2) is 10.8. The summed E-state index contributed by atoms with van der Waals surface area (Å²) in [5.74, 6) is -1.15. The van der Waals surface area contributed by atoms with E-state index in [9.17, 15) is 9.59 Å². The molecule has 4 rings (SSSR count). The second-order valence-electron chi connectivity index (χ2n) is 9.40. The quantitative estimate of drug-likeness (QED) is 0.666. The minimum atomic E-state index is -0.583. The number of piperidine rings is 1. The van der Waals surface area contributed by atoms with Gasteiger partial charge in [0, 0.05) is 32.4 Å². The van der Waals surface area contributed by atoms with Crippen LogP contribution in [0.15, 0.2) is 42.5 Å². The van der Waals surface area contributed by atoms with E-state index >= 15 is 0 Å². The first-order valence-corrected chi connectivity index (χ1v) is 12.2. The number of fused-ring (bicyclic) bond motifs is 1. The van der Waals surface area contributed by atoms with Crippen molar-refractivity contribution >= 4 is 17.5 Å². The molecule has 0 aliphatic carbocycles. The van der Waals surface area contributed by atoms with Crippen molar-refractivity contribution < 1.29 is 9.59 Å². The number of hydrogen-bond donors (Lipinski definition) is 2. The molecule has 0 bridgehead atoms. The molecule has 1 atom stereocenters. The van der Waals surface area contributed by atoms with Crippen molar-refractivity contribution in [3.8, 4) is 0 Å². The van der Waals surface area contributed by atoms with Gasteiger partial charge in [-0.05, 0) is 68.5 Å². The molecule has 2 heterocycles. The van der Waals surface area contributed by atoms with Gasteiger partial charge in [-0.3, -0.25) is 14.5 Å². The van der Waals surface area contributed by atoms with Gasteiger partial charge in [-0.1, -0.05) is 48.4 Å². The number of carbonyl (C=O) groups excluding carboxylic acids is 2. The summed E-state index contributed by atoms with van der Waals surface area (Å²) in [6.07, 6.45) is 5.86. The Morgan fingerprint density at radius 2 is 1.64 bits per heavy atom. The molecule has 1 fully saturated rings. The lowest BCUT2D eigenvalue weighted by atomic mass is 9.95. The largest absolute Gasteiger partial charge is 0.374 e. The molecule has 2 aliphatic heterocycles. The SMILES string of the molecule is Cc1ccc(CNC(=O)C(=O)NC[C@H](c2ccc3c(c2)CCCN3C)N2CCCCC2)cc1. The molecule has 0 radical (unpaired) electrons. The average Bonchev–Trinajstić information content (AvgIpc) is 2.84. The number of likely N-dealkylation sites (tertiary alicyclic amines) is 1. The van der Waals surface area contributed by atoms with E-state index in [1.54, 1.807) is 0 Å². The number of amides is 2. The van der Waals surface area contributed by atoms with E-state index in [1.165, 1.54) is 48.1 Å². The van der Waals surface area contributed by atoms with Gasteiger partial charge < -0.3 is 15.5 Å². The number of rotatable bonds is 6. The van der Waals surface area contributed by atoms with Crippen molar-refractivity contribution in [3.63, 3.8) is 0 Å². The first-order valence-electron chi connectivity index (χ1n) is 12.2. The Bertz CT molecular complexity index is 967. The third-order valence-corrected chi connectivity index (χ3v) is 6.91. The predicted molar refractivity (Wildman–Crippen MR) is 132 cm³/mol. The third-order valence-electron chi connectivity index (χ3n) is 6.91. The summed E-state index contributed by atoms with van der Waals surface area (Å²) in [5.41, 5.74) is 6.06. The van der Waals surface area contributed by atoms with Crippen molar-refractivity contribution in [2.75, 3.05) is 38.1 Å². The molecule has 2 amide bonds. The number of carbonyl (C=O) groups is 2. The van der Waals surface area contributed by atoms with Crippen LogP contribution in [0.2, 0.25) is 0 Å². The van der Waals surface area contributed by atoms with E-state index in [2.05, 4.69) is 45.7 Å². The lowest BCUT2D eigenvalue weighted by Gasteiger charge is -2.36. The number of hydrogen-bond acceptors (Lipinski definition) is 4. The molecular formula is C27H36N4O2. The van der Waals surface area contributed by atoms with Crippen LogP contribution in [0.5, 0.6) is 0 Å². The lowest BCUT2D eigenvalue weighted by Crippen LogP contribution is -2.45. The zero-order valence-electron chi connectivity index (χ0n) is 19.9. The Labute approximate surface area is 197 Å². The van der Waals surface area contributed by atoms with Crippen LogP contribution in [-0.4, -0.2) is 49.9 Å². The molecular weight excluding hydrogens is 412 g/mol. The van der Waals surface area contributed by atoms with Gasteiger partial charge in [0.05, 0.1) is 6.04 Å². The number of nitrogens with zero attached hydrogens (tertiary/aromatic N) is 2. The molecule has 0 unspecified atom stereocenters. The van der Waals surface area contributed by atoms with E-state index in [0.717, 1.165) is 31.6 Å². The zero-order valence-corrected chi connectivity index (χ0v) is 19.9. The molecule has 0 aromatic heterocycles. The highest BCUT2D eigenvalue weighted by Crippen LogP contribution is 2.31. The van der Waals surface area contributed by atoms with E-state index in [0.29, 0.717) is 13.1 Å². The summed E-state index contributed by atoms with van der Waals surface area (Å²) in [5, 5.41) is 5.65. The van der Waals surface area contributed by atoms with Crippen LogP contribution < -0.4 is 15.5 Å². The van der Waals surface area contributed by atoms with Crippen LogP contribution in [0.25, 0.3) is 0 Å². The van der Waals surface area contributed by atoms with Crippen molar-refractivity contribution in [2.45, 2.75) is 51.6 Å². The van der Waals surface area contributed by atoms with Crippen molar-refractivity contribution in [2.24, 2.45) is 0 Å². The molecule has 176 valence electrons. The molecule has 0 saturated carbocycles. The fourth-order valence-electron chi connectivity index (χ4n) is 4.94. The van der Waals surface area contributed by atoms with Crippen LogP contribution in [0, 0.1) is 6.92 Å². The van der Waals surface area contributed by atoms with Gasteiger partial charge in [0.2, 0.25) is 0 Å². The number of benzene rings is 2. The molecule has 33 heavy (non-hydrogen) atoms. The van der Waals surface area contributed by atoms with Gasteiger partial charge in [0.1, 0.15) is 0 Å². The Morgan fingerprint density at radius 3 is 2.39 bits per heavy atom. The maximum absolute atomic E-state index is 12.6. The Balaban J connectivity index is 1.40. The monoisotopic (exact) mass is 448 g/mol. The molecule has 0 spiro atoms. The summed E-state index contributed by atoms with van der Waals surface area (Å²) >= 11 is 0. The lowest BCUT2D eigenvalue weighted by molar-refractivity contribution is -0.139. The van der Waals surface area contributed by atoms with Crippen molar-refractivity contribution in [3.05, 3.63) is 64.7 Å². The second-order valence-corrected chi connectivity index (χ2v) is 9.40. The van der Waals surface area contributed by atoms with Crippen LogP contribution in [0.3, 0.4) is 0 Å². The highest BCUT2D eigenvalue weighted by Gasteiger charge is 2.25. The van der Waals surface area contributed by atoms with Gasteiger partial charge in [-0.2, -0.15) is 0 Å². The van der Waals surface area contributed by atoms with Crippen molar-refractivity contribution in [1.29, 1.82) is 0 Å². The number of aryl methyl sites for hydroxylation is 2. The predicted octanol–water partition coefficient (Wildman–Crippen LogP) is 3.34. The van der Waals surface area contributed by atoms with Gasteiger partial charge in [0.15, 0.2) is 0 Å². The normalized spacial score (nSPS) is 17.2. The summed E-state index contributed by atoms with van der Waals surface area (Å²) in [6, 6.07) is 14.7. The highest BCUT2D eigenvalue weighted by atomic mass is 16.2. The van der Waals surface area contributed by atoms with Gasteiger partial charge in [-0.25, -0.2) is 0 Å². The molecule has 2 N–H and O–H groups in total. The molecule has 2 aromatic rings. The minimum Gasteiger partial charge on any atom is -0.374 e. The van der Waals surface area contributed by atoms with E-state index in [4.69, 9.17) is 0 Å². The Kier molecular flexibility index (Phi) is 7.65. The van der Waals surface area contributed by atoms with Crippen LogP contribution >= 0.6 is 0 Å². The standard InChI is InChI=1S/C27H36N4O2/c1-20-8-10-21(11-9-20)18-28-26(32)27(33)29-19-25(31-15-4-3-5-16-31)23-12-13-24-22(17-23)7-6-14-30(24)2/h8-13,17,25H,3-7,14-16,18-19H2,1-2H3,(H,28,32)(H,29,33)/t25-/m1/s1. The minimum absolute atomic E-state index is 0.0803. The summed E-state index contributed by atoms with van der Waals surface area (Å²) in [4.78, 5) is 29.7. The Hall–Kier alpha value is -2.86. The molecule has 2 aromatic carbocycles. The molecule has 6 nitrogen and oxygen atoms in total. The highest BCUT2D eigenvalue weighted by molar-refractivity contribution is 6.35. The summed E-state index contributed by atoms with van der Waals surface area (Å²) in [7, 11) is 2.15. The van der Waals surface area contributed by atoms with Crippen LogP contribution in [-0.2, 0) is 22.6 Å². The smallest absolute Gasteiger partial charge is 0.309 e. The third kappa shape index (κ3) is 5.93. The summed E-state index contributed by atoms with van der Waals surface area (Å²) in [6.45, 7) is 5.95. The first-order chi connectivity index (χ1) is 16.0. The molecule has 2 aliphatic rings. The molecule has 6 heteroatoms. The van der Waals surface area contributed by atoms with Crippen molar-refractivity contribution in [1.82, 2.24) is 15.5 Å². The summed E-state index contributed by atoms with van der Waals surface area (Å²) < 4.78 is 0. The van der Waals surface area contributed by atoms with E-state index < -0.39 is 11.8 Å². The van der Waals surface area contributed by atoms with E-state index in [1.807, 2.05) is 31.2 Å². The number of anilines is 1. The van der Waals surface area contributed by atoms with Gasteiger partial charge >= 0.3 is 11.8 Å². The van der Waals surface area contributed by atoms with Gasteiger partial charge in [-0.15, -0.1) is 0 Å². The van der Waals surface area contributed by atoms with Gasteiger partial charge in [0.25, 0.3) is 0 Å². The zero-order chi connectivity index (χ0) is 23.2. The van der Waals surface area contributed by atoms with Crippen LogP contribution in [0.4, 0.5) is 5.69 Å². The van der Waals surface area contributed by atoms with Crippen LogP contribution in [0.1, 0.15) is 54.0 Å². The fourth-order valence-corrected chi connectivity index (χ4v) is 4.94. The van der Waals surface area contributed by atoms with E-state index in [-0.39, 0.29) is 6.04 Å². The number of nitrogens with one attached hydrogen (secondary N) is 2. The maximum Gasteiger partial charge on any atom is 0.309 e. The molecule has 1 saturated heterocycles. The topological polar surface area (TPSA) is 64.7 Å². The fraction of sp³-hybridized carbons (Fsp3) is 0.481. The first kappa shape index (κ1) is 23.3. The Morgan fingerprint density at radius 1 is 0.909 bits per heavy atom. The average molecular weight is 449 g/mol.